The molecule has 0 aromatic carbocycles. The van der Waals surface area contributed by atoms with Crippen LogP contribution >= 0.6 is 0 Å². The summed E-state index contributed by atoms with van der Waals surface area (Å²) in [6.07, 6.45) is 1.10. The molecule has 0 atom stereocenters. The summed E-state index contributed by atoms with van der Waals surface area (Å²) in [6, 6.07) is 0. The molecule has 14 nitrogen and oxygen atoms in total. The van der Waals surface area contributed by atoms with Crippen LogP contribution in [0.15, 0.2) is 0 Å². The van der Waals surface area contributed by atoms with E-state index in [-0.39, 0.29) is 6.61 Å². The second-order valence-corrected chi connectivity index (χ2v) is 4.26. The molecule has 0 aliphatic heterocycles. The van der Waals surface area contributed by atoms with Crippen molar-refractivity contribution >= 4 is 5.97 Å². The van der Waals surface area contributed by atoms with Crippen LogP contribution < -0.4 is 0 Å². The highest BCUT2D eigenvalue weighted by atomic mass is 17.0. The molecule has 0 aliphatic carbocycles. The topological polar surface area (TPSA) is 183 Å². The molecule has 23 heavy (non-hydrogen) atoms. The highest BCUT2D eigenvalue weighted by Crippen LogP contribution is 2.22. The fourth-order valence-electron chi connectivity index (χ4n) is 1.29. The Morgan fingerprint density at radius 2 is 1.30 bits per heavy atom. The van der Waals surface area contributed by atoms with E-state index in [1.165, 1.54) is 0 Å². The van der Waals surface area contributed by atoms with E-state index in [2.05, 4.69) is 14.5 Å². The number of esters is 1. The highest BCUT2D eigenvalue weighted by molar-refractivity contribution is 5.77. The van der Waals surface area contributed by atoms with Crippen LogP contribution in [0.1, 0.15) is 19.8 Å². The van der Waals surface area contributed by atoms with Crippen molar-refractivity contribution in [2.45, 2.75) is 19.8 Å². The zero-order valence-corrected chi connectivity index (χ0v) is 12.1. The van der Waals surface area contributed by atoms with Crippen LogP contribution in [0.25, 0.3) is 0 Å². The van der Waals surface area contributed by atoms with Crippen LogP contribution in [-0.2, 0) is 24.0 Å². The Hall–Kier alpha value is -2.93. The normalized spacial score (nSPS) is 10.5. The SMILES string of the molecule is CCCCOC(=O)C(CO[N+](=O)[O-])(CO[N+](=O)[O-])CO[N+](=O)[O-]. The first-order chi connectivity index (χ1) is 10.7. The Labute approximate surface area is 128 Å². The monoisotopic (exact) mass is 341 g/mol. The van der Waals surface area contributed by atoms with Crippen molar-refractivity contribution in [2.24, 2.45) is 5.41 Å². The minimum absolute atomic E-state index is 0.0908. The van der Waals surface area contributed by atoms with E-state index in [1.807, 2.05) is 0 Å². The molecule has 0 rings (SSSR count). The van der Waals surface area contributed by atoms with Gasteiger partial charge in [-0.15, -0.1) is 30.3 Å². The minimum atomic E-state index is -2.25. The van der Waals surface area contributed by atoms with E-state index >= 15 is 0 Å². The Morgan fingerprint density at radius 1 is 0.913 bits per heavy atom. The summed E-state index contributed by atoms with van der Waals surface area (Å²) < 4.78 is 4.80. The molecular weight excluding hydrogens is 326 g/mol. The lowest BCUT2D eigenvalue weighted by Gasteiger charge is -2.28. The van der Waals surface area contributed by atoms with Gasteiger partial charge in [0.25, 0.3) is 15.3 Å². The third-order valence-electron chi connectivity index (χ3n) is 2.50. The molecule has 0 unspecified atom stereocenters. The molecule has 0 aromatic heterocycles. The Balaban J connectivity index is 5.22. The van der Waals surface area contributed by atoms with E-state index in [0.29, 0.717) is 12.8 Å². The van der Waals surface area contributed by atoms with Crippen LogP contribution in [0.2, 0.25) is 0 Å². The number of carbonyl (C=O) groups excluding carboxylic acids is 1. The Bertz CT molecular complexity index is 395. The van der Waals surface area contributed by atoms with Gasteiger partial charge in [-0.1, -0.05) is 13.3 Å². The van der Waals surface area contributed by atoms with Crippen LogP contribution in [0.3, 0.4) is 0 Å². The molecule has 14 heteroatoms. The average molecular weight is 341 g/mol. The minimum Gasteiger partial charge on any atom is -0.465 e. The smallest absolute Gasteiger partial charge is 0.318 e. The zero-order chi connectivity index (χ0) is 17.9. The number of hydrogen-bond donors (Lipinski definition) is 0. The van der Waals surface area contributed by atoms with Crippen molar-refractivity contribution in [3.8, 4) is 0 Å². The third kappa shape index (κ3) is 8.18. The van der Waals surface area contributed by atoms with Crippen molar-refractivity contribution < 1.29 is 39.3 Å². The molecule has 0 bridgehead atoms. The van der Waals surface area contributed by atoms with Gasteiger partial charge in [-0.3, -0.25) is 4.79 Å². The van der Waals surface area contributed by atoms with Gasteiger partial charge in [0.15, 0.2) is 0 Å². The summed E-state index contributed by atoms with van der Waals surface area (Å²) in [5.41, 5.74) is -2.25. The van der Waals surface area contributed by atoms with Crippen LogP contribution in [0, 0.1) is 35.8 Å². The zero-order valence-electron chi connectivity index (χ0n) is 12.1. The van der Waals surface area contributed by atoms with Crippen LogP contribution in [0.5, 0.6) is 0 Å². The second-order valence-electron chi connectivity index (χ2n) is 4.26. The maximum atomic E-state index is 12.0. The lowest BCUT2D eigenvalue weighted by molar-refractivity contribution is -0.780. The summed E-state index contributed by atoms with van der Waals surface area (Å²) in [5, 5.41) is 27.0. The number of nitrogens with zero attached hydrogens (tertiary/aromatic N) is 3. The molecule has 0 radical (unpaired) electrons. The number of rotatable bonds is 13. The number of carbonyl (C=O) groups is 1. The number of ether oxygens (including phenoxy) is 1. The van der Waals surface area contributed by atoms with Crippen LogP contribution in [0.4, 0.5) is 0 Å². The van der Waals surface area contributed by atoms with Gasteiger partial charge < -0.3 is 19.2 Å². The quantitative estimate of drug-likeness (QED) is 0.189. The van der Waals surface area contributed by atoms with Gasteiger partial charge in [-0.2, -0.15) is 0 Å². The lowest BCUT2D eigenvalue weighted by Crippen LogP contribution is -2.47. The maximum absolute atomic E-state index is 12.0. The molecule has 0 N–H and O–H groups in total. The van der Waals surface area contributed by atoms with Gasteiger partial charge in [-0.25, -0.2) is 0 Å². The van der Waals surface area contributed by atoms with Gasteiger partial charge in [0.2, 0.25) is 0 Å². The first kappa shape index (κ1) is 20.1. The molecule has 0 aliphatic rings. The average Bonchev–Trinajstić information content (AvgIpc) is 2.46. The Morgan fingerprint density at radius 3 is 1.61 bits per heavy atom. The summed E-state index contributed by atoms with van der Waals surface area (Å²) in [5.74, 6) is -1.21. The largest absolute Gasteiger partial charge is 0.465 e. The lowest BCUT2D eigenvalue weighted by atomic mass is 9.91. The molecular formula is C9H15N3O11. The molecule has 0 aromatic rings. The summed E-state index contributed by atoms with van der Waals surface area (Å²) in [4.78, 5) is 55.0. The predicted molar refractivity (Wildman–Crippen MR) is 67.1 cm³/mol. The standard InChI is InChI=1S/C9H15N3O11/c1-2-3-4-20-8(13)9(5-21-10(14)15,6-22-11(16)17)7-23-12(18)19/h2-7H2,1H3. The van der Waals surface area contributed by atoms with Gasteiger partial charge in [0.05, 0.1) is 6.61 Å². The predicted octanol–water partition coefficient (Wildman–Crippen LogP) is -0.0590. The van der Waals surface area contributed by atoms with Gasteiger partial charge >= 0.3 is 5.97 Å². The van der Waals surface area contributed by atoms with Gasteiger partial charge in [-0.05, 0) is 6.42 Å². The van der Waals surface area contributed by atoms with Crippen LogP contribution in [-0.4, -0.2) is 47.7 Å². The summed E-state index contributed by atoms with van der Waals surface area (Å²) in [6.45, 7) is -1.53. The fraction of sp³-hybridized carbons (Fsp3) is 0.889. The number of hydrogen-bond acceptors (Lipinski definition) is 11. The molecule has 0 saturated heterocycles. The molecule has 0 saturated carbocycles. The Kier molecular flexibility index (Phi) is 8.65. The highest BCUT2D eigenvalue weighted by Gasteiger charge is 2.44. The first-order valence-corrected chi connectivity index (χ1v) is 6.22. The van der Waals surface area contributed by atoms with Gasteiger partial charge in [0.1, 0.15) is 25.2 Å². The molecule has 0 amide bonds. The van der Waals surface area contributed by atoms with E-state index in [1.54, 1.807) is 6.92 Å². The van der Waals surface area contributed by atoms with Crippen molar-refractivity contribution in [1.29, 1.82) is 0 Å². The molecule has 0 fully saturated rings. The van der Waals surface area contributed by atoms with E-state index in [4.69, 9.17) is 4.74 Å². The number of unbranched alkanes of at least 4 members (excludes halogenated alkanes) is 1. The molecule has 132 valence electrons. The summed E-state index contributed by atoms with van der Waals surface area (Å²) >= 11 is 0. The van der Waals surface area contributed by atoms with E-state index in [0.717, 1.165) is 0 Å². The van der Waals surface area contributed by atoms with E-state index < -0.39 is 46.5 Å². The maximum Gasteiger partial charge on any atom is 0.318 e. The molecule has 0 heterocycles. The fourth-order valence-corrected chi connectivity index (χ4v) is 1.29. The van der Waals surface area contributed by atoms with Crippen molar-refractivity contribution in [1.82, 2.24) is 0 Å². The second kappa shape index (κ2) is 9.91. The summed E-state index contributed by atoms with van der Waals surface area (Å²) in [7, 11) is 0. The first-order valence-electron chi connectivity index (χ1n) is 6.22. The third-order valence-corrected chi connectivity index (χ3v) is 2.50. The molecule has 0 spiro atoms. The van der Waals surface area contributed by atoms with Crippen molar-refractivity contribution in [3.63, 3.8) is 0 Å². The van der Waals surface area contributed by atoms with Gasteiger partial charge in [0, 0.05) is 0 Å². The van der Waals surface area contributed by atoms with Crippen molar-refractivity contribution in [2.75, 3.05) is 26.4 Å². The van der Waals surface area contributed by atoms with E-state index in [9.17, 15) is 35.1 Å². The van der Waals surface area contributed by atoms with Crippen molar-refractivity contribution in [3.05, 3.63) is 30.3 Å².